The Morgan fingerprint density at radius 2 is 1.59 bits per heavy atom. The average Bonchev–Trinajstić information content (AvgIpc) is 3.02. The molecule has 3 atom stereocenters. The molecule has 1 aliphatic rings. The summed E-state index contributed by atoms with van der Waals surface area (Å²) in [5.41, 5.74) is 0. The third-order valence-corrected chi connectivity index (χ3v) is 4.32. The quantitative estimate of drug-likeness (QED) is 0.328. The van der Waals surface area contributed by atoms with Crippen molar-refractivity contribution in [2.24, 2.45) is 0 Å². The lowest BCUT2D eigenvalue weighted by Gasteiger charge is -2.31. The van der Waals surface area contributed by atoms with Crippen molar-refractivity contribution in [2.75, 3.05) is 54.2 Å². The van der Waals surface area contributed by atoms with Crippen molar-refractivity contribution in [3.8, 4) is 0 Å². The molecule has 164 valence electrons. The van der Waals surface area contributed by atoms with Crippen LogP contribution in [0.15, 0.2) is 12.2 Å². The molecule has 11 heteroatoms. The number of rotatable bonds is 10. The number of amides is 2. The molecule has 1 heterocycles. The van der Waals surface area contributed by atoms with Crippen LogP contribution in [0.4, 0.5) is 0 Å². The summed E-state index contributed by atoms with van der Waals surface area (Å²) in [4.78, 5) is 50.9. The molecule has 1 N–H and O–H groups in total. The molecule has 0 aromatic rings. The Labute approximate surface area is 169 Å². The first-order valence-electron chi connectivity index (χ1n) is 8.95. The first-order valence-corrected chi connectivity index (χ1v) is 8.95. The molecule has 0 saturated carbocycles. The van der Waals surface area contributed by atoms with E-state index in [1.807, 2.05) is 0 Å². The van der Waals surface area contributed by atoms with Crippen molar-refractivity contribution < 1.29 is 43.2 Å². The van der Waals surface area contributed by atoms with E-state index in [1.54, 1.807) is 0 Å². The summed E-state index contributed by atoms with van der Waals surface area (Å²) in [5, 5.41) is 10.3. The number of hydrogen-bond acceptors (Lipinski definition) is 9. The molecule has 2 amide bonds. The van der Waals surface area contributed by atoms with Crippen LogP contribution >= 0.6 is 0 Å². The van der Waals surface area contributed by atoms with Gasteiger partial charge in [0.25, 0.3) is 0 Å². The zero-order chi connectivity index (χ0) is 22.0. The van der Waals surface area contributed by atoms with E-state index in [-0.39, 0.29) is 32.8 Å². The summed E-state index contributed by atoms with van der Waals surface area (Å²) in [5.74, 6) is -2.69. The van der Waals surface area contributed by atoms with Gasteiger partial charge in [-0.25, -0.2) is 9.59 Å². The minimum atomic E-state index is -1.30. The van der Waals surface area contributed by atoms with Crippen LogP contribution in [0.2, 0.25) is 0 Å². The van der Waals surface area contributed by atoms with Gasteiger partial charge in [0.05, 0.1) is 26.9 Å². The highest BCUT2D eigenvalue weighted by Crippen LogP contribution is 2.24. The smallest absolute Gasteiger partial charge is 0.331 e. The number of likely N-dealkylation sites (tertiary alicyclic amines) is 1. The van der Waals surface area contributed by atoms with E-state index in [2.05, 4.69) is 4.74 Å². The Kier molecular flexibility index (Phi) is 10.3. The third-order valence-electron chi connectivity index (χ3n) is 4.32. The lowest BCUT2D eigenvalue weighted by molar-refractivity contribution is -0.156. The zero-order valence-corrected chi connectivity index (χ0v) is 17.0. The number of carbonyl (C=O) groups excluding carboxylic acids is 4. The van der Waals surface area contributed by atoms with Gasteiger partial charge in [0.15, 0.2) is 12.1 Å². The molecule has 0 aliphatic carbocycles. The standard InChI is InChI=1S/C18H28N2O9/c1-12(21)20-11-13(22)17(29-15(24)6-5-14(23)28-4)16(20)18(25)19(7-9-26-2)8-10-27-3/h5-6,13,16-17,22H,7-11H2,1-4H3/b6-5+/t13-,16-,17+/m0/s1. The Morgan fingerprint density at radius 1 is 1.03 bits per heavy atom. The van der Waals surface area contributed by atoms with Gasteiger partial charge >= 0.3 is 11.9 Å². The van der Waals surface area contributed by atoms with Crippen LogP contribution in [0.25, 0.3) is 0 Å². The maximum absolute atomic E-state index is 13.1. The highest BCUT2D eigenvalue weighted by atomic mass is 16.6. The van der Waals surface area contributed by atoms with Crippen LogP contribution in [0.3, 0.4) is 0 Å². The van der Waals surface area contributed by atoms with E-state index in [4.69, 9.17) is 14.2 Å². The highest BCUT2D eigenvalue weighted by Gasteiger charge is 2.49. The van der Waals surface area contributed by atoms with Crippen molar-refractivity contribution in [2.45, 2.75) is 25.2 Å². The summed E-state index contributed by atoms with van der Waals surface area (Å²) in [6.45, 7) is 2.02. The first kappa shape index (κ1) is 24.5. The Bertz CT molecular complexity index is 614. The predicted molar refractivity (Wildman–Crippen MR) is 98.5 cm³/mol. The molecule has 0 spiro atoms. The second-order valence-corrected chi connectivity index (χ2v) is 6.25. The van der Waals surface area contributed by atoms with E-state index >= 15 is 0 Å². The topological polar surface area (TPSA) is 132 Å². The van der Waals surface area contributed by atoms with Gasteiger partial charge in [-0.15, -0.1) is 0 Å². The van der Waals surface area contributed by atoms with Gasteiger partial charge in [-0.1, -0.05) is 0 Å². The number of β-amino-alcohol motifs (C(OH)–C–C–N with tert-alkyl or cyclic N) is 1. The van der Waals surface area contributed by atoms with Gasteiger partial charge in [0, 0.05) is 46.4 Å². The molecular formula is C18H28N2O9. The van der Waals surface area contributed by atoms with Crippen molar-refractivity contribution >= 4 is 23.8 Å². The Morgan fingerprint density at radius 3 is 2.07 bits per heavy atom. The van der Waals surface area contributed by atoms with Gasteiger partial charge in [0.2, 0.25) is 11.8 Å². The number of nitrogens with zero attached hydrogens (tertiary/aromatic N) is 2. The highest BCUT2D eigenvalue weighted by molar-refractivity contribution is 5.92. The van der Waals surface area contributed by atoms with Gasteiger partial charge in [0.1, 0.15) is 6.10 Å². The molecule has 1 fully saturated rings. The number of carbonyl (C=O) groups is 4. The monoisotopic (exact) mass is 416 g/mol. The van der Waals surface area contributed by atoms with Crippen LogP contribution in [0.1, 0.15) is 6.92 Å². The summed E-state index contributed by atoms with van der Waals surface area (Å²) in [6, 6.07) is -1.22. The normalized spacial score (nSPS) is 21.3. The van der Waals surface area contributed by atoms with Crippen LogP contribution in [-0.4, -0.2) is 111 Å². The second kappa shape index (κ2) is 12.1. The molecule has 0 unspecified atom stereocenters. The number of ether oxygens (including phenoxy) is 4. The Balaban J connectivity index is 3.07. The fourth-order valence-corrected chi connectivity index (χ4v) is 2.85. The summed E-state index contributed by atoms with van der Waals surface area (Å²) >= 11 is 0. The SMILES string of the molecule is COCCN(CCOC)C(=O)[C@@H]1[C@H](OC(=O)/C=C/C(=O)OC)[C@@H](O)CN1C(C)=O. The zero-order valence-electron chi connectivity index (χ0n) is 17.0. The van der Waals surface area contributed by atoms with E-state index in [1.165, 1.54) is 26.0 Å². The fraction of sp³-hybridized carbons (Fsp3) is 0.667. The lowest BCUT2D eigenvalue weighted by atomic mass is 10.1. The maximum atomic E-state index is 13.1. The predicted octanol–water partition coefficient (Wildman–Crippen LogP) is -1.66. The van der Waals surface area contributed by atoms with Gasteiger partial charge < -0.3 is 33.9 Å². The van der Waals surface area contributed by atoms with Crippen molar-refractivity contribution in [1.29, 1.82) is 0 Å². The van der Waals surface area contributed by atoms with Crippen molar-refractivity contribution in [3.63, 3.8) is 0 Å². The molecular weight excluding hydrogens is 388 g/mol. The number of aliphatic hydroxyl groups is 1. The Hall–Kier alpha value is -2.50. The maximum Gasteiger partial charge on any atom is 0.331 e. The van der Waals surface area contributed by atoms with Crippen LogP contribution in [0, 0.1) is 0 Å². The van der Waals surface area contributed by atoms with Crippen LogP contribution in [-0.2, 0) is 38.1 Å². The van der Waals surface area contributed by atoms with Crippen LogP contribution < -0.4 is 0 Å². The van der Waals surface area contributed by atoms with E-state index < -0.39 is 42.0 Å². The molecule has 0 aromatic heterocycles. The molecule has 29 heavy (non-hydrogen) atoms. The first-order chi connectivity index (χ1) is 13.8. The van der Waals surface area contributed by atoms with Crippen molar-refractivity contribution in [1.82, 2.24) is 9.80 Å². The van der Waals surface area contributed by atoms with Gasteiger partial charge in [-0.05, 0) is 0 Å². The fourth-order valence-electron chi connectivity index (χ4n) is 2.85. The number of methoxy groups -OCH3 is 3. The third kappa shape index (κ3) is 7.11. The minimum absolute atomic E-state index is 0.174. The molecule has 0 bridgehead atoms. The molecule has 1 aliphatic heterocycles. The largest absolute Gasteiger partial charge is 0.466 e. The number of hydrogen-bond donors (Lipinski definition) is 1. The number of esters is 2. The van der Waals surface area contributed by atoms with Gasteiger partial charge in [-0.3, -0.25) is 9.59 Å². The van der Waals surface area contributed by atoms with Crippen LogP contribution in [0.5, 0.6) is 0 Å². The molecule has 0 aromatic carbocycles. The summed E-state index contributed by atoms with van der Waals surface area (Å²) in [6.07, 6.45) is -0.888. The minimum Gasteiger partial charge on any atom is -0.466 e. The van der Waals surface area contributed by atoms with Gasteiger partial charge in [-0.2, -0.15) is 0 Å². The van der Waals surface area contributed by atoms with E-state index in [0.29, 0.717) is 0 Å². The molecule has 1 rings (SSSR count). The summed E-state index contributed by atoms with van der Waals surface area (Å²) < 4.78 is 19.6. The van der Waals surface area contributed by atoms with E-state index in [9.17, 15) is 24.3 Å². The number of aliphatic hydroxyl groups excluding tert-OH is 1. The average molecular weight is 416 g/mol. The summed E-state index contributed by atoms with van der Waals surface area (Å²) in [7, 11) is 4.11. The van der Waals surface area contributed by atoms with E-state index in [0.717, 1.165) is 24.2 Å². The molecule has 11 nitrogen and oxygen atoms in total. The van der Waals surface area contributed by atoms with Crippen molar-refractivity contribution in [3.05, 3.63) is 12.2 Å². The second-order valence-electron chi connectivity index (χ2n) is 6.25. The lowest BCUT2D eigenvalue weighted by Crippen LogP contribution is -2.53. The molecule has 1 saturated heterocycles. The molecule has 0 radical (unpaired) electrons.